The second-order valence-corrected chi connectivity index (χ2v) is 9.22. The molecular weight excluding hydrogens is 374 g/mol. The van der Waals surface area contributed by atoms with Crippen molar-refractivity contribution in [2.24, 2.45) is 0 Å². The molecular formula is C22H28ClN3S. The van der Waals surface area contributed by atoms with Gasteiger partial charge in [-0.25, -0.2) is 0 Å². The molecule has 2 aromatic rings. The first-order chi connectivity index (χ1) is 13.1. The van der Waals surface area contributed by atoms with Crippen LogP contribution in [0.4, 0.5) is 11.4 Å². The van der Waals surface area contributed by atoms with E-state index in [-0.39, 0.29) is 0 Å². The third-order valence-electron chi connectivity index (χ3n) is 5.79. The van der Waals surface area contributed by atoms with Gasteiger partial charge in [-0.05, 0) is 83.3 Å². The lowest BCUT2D eigenvalue weighted by Crippen LogP contribution is -2.42. The summed E-state index contributed by atoms with van der Waals surface area (Å²) in [7, 11) is 4.52. The van der Waals surface area contributed by atoms with Gasteiger partial charge in [-0.1, -0.05) is 35.5 Å². The van der Waals surface area contributed by atoms with Crippen molar-refractivity contribution in [2.45, 2.75) is 35.1 Å². The van der Waals surface area contributed by atoms with Crippen LogP contribution in [-0.2, 0) is 0 Å². The lowest BCUT2D eigenvalue weighted by molar-refractivity contribution is 0.144. The standard InChI is InChI=1S/C22H28ClN3S/c1-24-14-10-18(11-15-24)25(2)12-5-13-26-19-6-3-4-7-21(19)27-22-9-8-17(23)16-20(22)26/h3-4,6-9,16,18H,5,10-15H2,1-2H3. The molecule has 2 aliphatic heterocycles. The van der Waals surface area contributed by atoms with Crippen LogP contribution in [0.1, 0.15) is 19.3 Å². The number of hydrogen-bond acceptors (Lipinski definition) is 4. The predicted octanol–water partition coefficient (Wildman–Crippen LogP) is 5.36. The van der Waals surface area contributed by atoms with E-state index in [1.165, 1.54) is 47.1 Å². The van der Waals surface area contributed by atoms with Gasteiger partial charge >= 0.3 is 0 Å². The van der Waals surface area contributed by atoms with E-state index in [1.807, 2.05) is 17.8 Å². The van der Waals surface area contributed by atoms with E-state index in [4.69, 9.17) is 11.6 Å². The summed E-state index contributed by atoms with van der Waals surface area (Å²) in [4.78, 5) is 10.1. The fourth-order valence-corrected chi connectivity index (χ4v) is 5.38. The van der Waals surface area contributed by atoms with Gasteiger partial charge in [0, 0.05) is 27.4 Å². The quantitative estimate of drug-likeness (QED) is 0.666. The first-order valence-corrected chi connectivity index (χ1v) is 11.0. The molecule has 0 saturated carbocycles. The summed E-state index contributed by atoms with van der Waals surface area (Å²) in [6, 6.07) is 15.7. The van der Waals surface area contributed by atoms with Crippen LogP contribution in [0.2, 0.25) is 5.02 Å². The number of hydrogen-bond donors (Lipinski definition) is 0. The van der Waals surface area contributed by atoms with Crippen LogP contribution in [0.3, 0.4) is 0 Å². The molecule has 4 rings (SSSR count). The number of rotatable bonds is 5. The highest BCUT2D eigenvalue weighted by Gasteiger charge is 2.24. The highest BCUT2D eigenvalue weighted by molar-refractivity contribution is 7.99. The molecule has 2 heterocycles. The van der Waals surface area contributed by atoms with Crippen LogP contribution < -0.4 is 4.90 Å². The van der Waals surface area contributed by atoms with Crippen LogP contribution in [0.25, 0.3) is 0 Å². The van der Waals surface area contributed by atoms with E-state index >= 15 is 0 Å². The average Bonchev–Trinajstić information content (AvgIpc) is 2.68. The molecule has 0 N–H and O–H groups in total. The summed E-state index contributed by atoms with van der Waals surface area (Å²) in [6.45, 7) is 4.59. The van der Waals surface area contributed by atoms with E-state index < -0.39 is 0 Å². The van der Waals surface area contributed by atoms with E-state index in [9.17, 15) is 0 Å². The molecule has 0 unspecified atom stereocenters. The van der Waals surface area contributed by atoms with Gasteiger partial charge in [-0.3, -0.25) is 0 Å². The van der Waals surface area contributed by atoms with E-state index in [0.717, 1.165) is 30.6 Å². The van der Waals surface area contributed by atoms with Crippen LogP contribution in [0.5, 0.6) is 0 Å². The largest absolute Gasteiger partial charge is 0.340 e. The number of anilines is 2. The number of piperidine rings is 1. The van der Waals surface area contributed by atoms with Gasteiger partial charge in [0.25, 0.3) is 0 Å². The van der Waals surface area contributed by atoms with Gasteiger partial charge in [0.15, 0.2) is 0 Å². The monoisotopic (exact) mass is 401 g/mol. The highest BCUT2D eigenvalue weighted by Crippen LogP contribution is 2.48. The molecule has 0 aliphatic carbocycles. The van der Waals surface area contributed by atoms with Gasteiger partial charge in [-0.2, -0.15) is 0 Å². The fraction of sp³-hybridized carbons (Fsp3) is 0.455. The van der Waals surface area contributed by atoms with Crippen LogP contribution >= 0.6 is 23.4 Å². The maximum absolute atomic E-state index is 6.32. The van der Waals surface area contributed by atoms with Crippen molar-refractivity contribution in [1.82, 2.24) is 9.80 Å². The number of nitrogens with zero attached hydrogens (tertiary/aromatic N) is 3. The second-order valence-electron chi connectivity index (χ2n) is 7.70. The minimum absolute atomic E-state index is 0.729. The third-order valence-corrected chi connectivity index (χ3v) is 7.16. The van der Waals surface area contributed by atoms with Crippen molar-refractivity contribution in [3.05, 3.63) is 47.5 Å². The molecule has 0 spiro atoms. The van der Waals surface area contributed by atoms with Crippen molar-refractivity contribution in [2.75, 3.05) is 45.2 Å². The van der Waals surface area contributed by atoms with Gasteiger partial charge in [0.05, 0.1) is 11.4 Å². The lowest BCUT2D eigenvalue weighted by atomic mass is 10.0. The summed E-state index contributed by atoms with van der Waals surface area (Å²) in [6.07, 6.45) is 3.72. The molecule has 0 radical (unpaired) electrons. The Morgan fingerprint density at radius 2 is 1.81 bits per heavy atom. The molecule has 27 heavy (non-hydrogen) atoms. The SMILES string of the molecule is CN1CCC(N(C)CCCN2c3ccccc3Sc3ccc(Cl)cc32)CC1. The number of para-hydroxylation sites is 1. The molecule has 3 nitrogen and oxygen atoms in total. The summed E-state index contributed by atoms with van der Waals surface area (Å²) in [5, 5.41) is 0.808. The Kier molecular flexibility index (Phi) is 5.98. The molecule has 144 valence electrons. The van der Waals surface area contributed by atoms with E-state index in [2.05, 4.69) is 65.2 Å². The van der Waals surface area contributed by atoms with Crippen LogP contribution in [-0.4, -0.2) is 56.1 Å². The predicted molar refractivity (Wildman–Crippen MR) is 117 cm³/mol. The Labute approximate surface area is 172 Å². The Morgan fingerprint density at radius 1 is 1.07 bits per heavy atom. The lowest BCUT2D eigenvalue weighted by Gasteiger charge is -2.36. The molecule has 1 fully saturated rings. The zero-order chi connectivity index (χ0) is 18.8. The normalized spacial score (nSPS) is 17.9. The van der Waals surface area contributed by atoms with Crippen molar-refractivity contribution >= 4 is 34.7 Å². The first-order valence-electron chi connectivity index (χ1n) is 9.84. The topological polar surface area (TPSA) is 9.72 Å². The molecule has 0 atom stereocenters. The Morgan fingerprint density at radius 3 is 2.63 bits per heavy atom. The molecule has 2 aromatic carbocycles. The maximum Gasteiger partial charge on any atom is 0.0567 e. The zero-order valence-corrected chi connectivity index (χ0v) is 17.8. The summed E-state index contributed by atoms with van der Waals surface area (Å²) >= 11 is 8.16. The smallest absolute Gasteiger partial charge is 0.0567 e. The van der Waals surface area contributed by atoms with Crippen molar-refractivity contribution in [3.8, 4) is 0 Å². The molecule has 2 aliphatic rings. The van der Waals surface area contributed by atoms with Crippen LogP contribution in [0.15, 0.2) is 52.3 Å². The minimum atomic E-state index is 0.729. The number of likely N-dealkylation sites (tertiary alicyclic amines) is 1. The van der Waals surface area contributed by atoms with E-state index in [0.29, 0.717) is 0 Å². The Bertz CT molecular complexity index is 789. The summed E-state index contributed by atoms with van der Waals surface area (Å²) < 4.78 is 0. The summed E-state index contributed by atoms with van der Waals surface area (Å²) in [5.41, 5.74) is 2.55. The number of halogens is 1. The maximum atomic E-state index is 6.32. The molecule has 0 aromatic heterocycles. The molecule has 0 bridgehead atoms. The zero-order valence-electron chi connectivity index (χ0n) is 16.2. The van der Waals surface area contributed by atoms with Gasteiger partial charge in [0.1, 0.15) is 0 Å². The Hall–Kier alpha value is -1.20. The molecule has 1 saturated heterocycles. The van der Waals surface area contributed by atoms with Crippen LogP contribution in [0, 0.1) is 0 Å². The van der Waals surface area contributed by atoms with Gasteiger partial charge in [0.2, 0.25) is 0 Å². The Balaban J connectivity index is 1.45. The molecule has 5 heteroatoms. The van der Waals surface area contributed by atoms with E-state index in [1.54, 1.807) is 0 Å². The van der Waals surface area contributed by atoms with Crippen molar-refractivity contribution in [3.63, 3.8) is 0 Å². The van der Waals surface area contributed by atoms with Gasteiger partial charge in [-0.15, -0.1) is 0 Å². The second kappa shape index (κ2) is 8.44. The third kappa shape index (κ3) is 4.29. The fourth-order valence-electron chi connectivity index (χ4n) is 4.14. The van der Waals surface area contributed by atoms with Crippen molar-refractivity contribution in [1.29, 1.82) is 0 Å². The number of fused-ring (bicyclic) bond motifs is 2. The highest BCUT2D eigenvalue weighted by atomic mass is 35.5. The van der Waals surface area contributed by atoms with Gasteiger partial charge < -0.3 is 14.7 Å². The van der Waals surface area contributed by atoms with Crippen molar-refractivity contribution < 1.29 is 0 Å². The first kappa shape index (κ1) is 19.1. The minimum Gasteiger partial charge on any atom is -0.340 e. The average molecular weight is 402 g/mol. The number of benzene rings is 2. The molecule has 0 amide bonds. The summed E-state index contributed by atoms with van der Waals surface area (Å²) in [5.74, 6) is 0.